The van der Waals surface area contributed by atoms with Gasteiger partial charge in [-0.15, -0.1) is 0 Å². The predicted molar refractivity (Wildman–Crippen MR) is 114 cm³/mol. The van der Waals surface area contributed by atoms with Crippen LogP contribution in [0.15, 0.2) is 41.5 Å². The number of fused-ring (bicyclic) bond motifs is 1. The molecule has 1 aromatic carbocycles. The van der Waals surface area contributed by atoms with Crippen LogP contribution in [0.3, 0.4) is 0 Å². The molecule has 1 saturated heterocycles. The van der Waals surface area contributed by atoms with Crippen molar-refractivity contribution in [1.29, 1.82) is 0 Å². The number of hydrogen-bond donors (Lipinski definition) is 0. The number of likely N-dealkylation sites (tertiary alicyclic amines) is 1. The van der Waals surface area contributed by atoms with Gasteiger partial charge in [-0.1, -0.05) is 92.6 Å². The van der Waals surface area contributed by atoms with Gasteiger partial charge < -0.3 is 4.90 Å². The minimum atomic E-state index is -0.380. The second-order valence-electron chi connectivity index (χ2n) is 11.5. The normalized spacial score (nSPS) is 25.2. The zero-order chi connectivity index (χ0) is 21.3. The van der Waals surface area contributed by atoms with E-state index in [4.69, 9.17) is 0 Å². The summed E-state index contributed by atoms with van der Waals surface area (Å²) >= 11 is 0. The summed E-state index contributed by atoms with van der Waals surface area (Å²) in [6.45, 7) is 20.1. The first kappa shape index (κ1) is 20.8. The number of Topliss-reactive ketones (excluding diaryl/α,β-unsaturated/α-hetero) is 1. The minimum Gasteiger partial charge on any atom is -0.323 e. The second kappa shape index (κ2) is 6.05. The molecule has 0 spiro atoms. The predicted octanol–water partition coefficient (Wildman–Crippen LogP) is 5.52. The van der Waals surface area contributed by atoms with Crippen LogP contribution in [-0.2, 0) is 4.79 Å². The first-order valence-electron chi connectivity index (χ1n) is 10.3. The summed E-state index contributed by atoms with van der Waals surface area (Å²) in [4.78, 5) is 28.2. The van der Waals surface area contributed by atoms with Gasteiger partial charge in [0.1, 0.15) is 0 Å². The van der Waals surface area contributed by atoms with Gasteiger partial charge in [-0.05, 0) is 27.4 Å². The number of nitrogens with zero attached hydrogens (tertiary/aromatic N) is 1. The molecular formula is C25H35NO2. The third-order valence-electron chi connectivity index (χ3n) is 6.39. The van der Waals surface area contributed by atoms with Crippen molar-refractivity contribution in [2.45, 2.75) is 67.9 Å². The zero-order valence-corrected chi connectivity index (χ0v) is 18.9. The van der Waals surface area contributed by atoms with E-state index in [1.807, 2.05) is 35.2 Å². The van der Waals surface area contributed by atoms with Crippen LogP contribution in [-0.4, -0.2) is 28.7 Å². The Kier molecular flexibility index (Phi) is 4.50. The van der Waals surface area contributed by atoms with Gasteiger partial charge in [0.2, 0.25) is 5.91 Å². The third-order valence-corrected chi connectivity index (χ3v) is 6.39. The number of β-lactam (4-membered cyclic amide) rings is 1. The molecule has 2 atom stereocenters. The van der Waals surface area contributed by atoms with Crippen LogP contribution in [0.25, 0.3) is 0 Å². The molecule has 2 unspecified atom stereocenters. The minimum absolute atomic E-state index is 0.00786. The fourth-order valence-corrected chi connectivity index (χ4v) is 5.54. The average molecular weight is 382 g/mol. The molecule has 0 saturated carbocycles. The molecule has 1 amide bonds. The molecule has 1 aliphatic heterocycles. The molecule has 3 heteroatoms. The van der Waals surface area contributed by atoms with E-state index in [-0.39, 0.29) is 45.9 Å². The van der Waals surface area contributed by atoms with Gasteiger partial charge >= 0.3 is 0 Å². The Bertz CT molecular complexity index is 843. The van der Waals surface area contributed by atoms with Crippen molar-refractivity contribution in [3.05, 3.63) is 47.0 Å². The van der Waals surface area contributed by atoms with Gasteiger partial charge in [0, 0.05) is 5.56 Å². The lowest BCUT2D eigenvalue weighted by molar-refractivity contribution is -0.187. The van der Waals surface area contributed by atoms with Gasteiger partial charge in [0.15, 0.2) is 5.78 Å². The Morgan fingerprint density at radius 2 is 1.46 bits per heavy atom. The Morgan fingerprint density at radius 1 is 0.929 bits per heavy atom. The van der Waals surface area contributed by atoms with Crippen molar-refractivity contribution in [2.24, 2.45) is 22.2 Å². The number of carbonyl (C=O) groups excluding carboxylic acids is 2. The highest BCUT2D eigenvalue weighted by molar-refractivity contribution is 6.04. The van der Waals surface area contributed by atoms with Gasteiger partial charge in [0.25, 0.3) is 0 Å². The highest BCUT2D eigenvalue weighted by Gasteiger charge is 2.76. The SMILES string of the molecule is CC(C)(C)C1=C(C(C)(C)C)C2(C(C)(C)C)C1C(=O)N2CC(=O)c1ccccc1. The van der Waals surface area contributed by atoms with E-state index in [0.29, 0.717) is 5.56 Å². The molecule has 2 aliphatic rings. The van der Waals surface area contributed by atoms with Crippen molar-refractivity contribution in [3.63, 3.8) is 0 Å². The summed E-state index contributed by atoms with van der Waals surface area (Å²) in [5.41, 5.74) is 2.64. The van der Waals surface area contributed by atoms with E-state index in [2.05, 4.69) is 62.3 Å². The number of rotatable bonds is 3. The zero-order valence-electron chi connectivity index (χ0n) is 18.9. The van der Waals surface area contributed by atoms with Crippen LogP contribution in [0, 0.1) is 22.2 Å². The molecule has 1 aliphatic carbocycles. The lowest BCUT2D eigenvalue weighted by atomic mass is 9.39. The molecule has 152 valence electrons. The smallest absolute Gasteiger partial charge is 0.233 e. The largest absolute Gasteiger partial charge is 0.323 e. The Hall–Kier alpha value is -1.90. The average Bonchev–Trinajstić information content (AvgIpc) is 2.50. The van der Waals surface area contributed by atoms with Crippen LogP contribution >= 0.6 is 0 Å². The first-order chi connectivity index (χ1) is 12.6. The van der Waals surface area contributed by atoms with Crippen LogP contribution < -0.4 is 0 Å². The van der Waals surface area contributed by atoms with E-state index in [1.165, 1.54) is 11.1 Å². The Labute approximate surface area is 170 Å². The van der Waals surface area contributed by atoms with Gasteiger partial charge in [-0.25, -0.2) is 0 Å². The van der Waals surface area contributed by atoms with E-state index < -0.39 is 0 Å². The monoisotopic (exact) mass is 381 g/mol. The van der Waals surface area contributed by atoms with Crippen molar-refractivity contribution in [3.8, 4) is 0 Å². The maximum Gasteiger partial charge on any atom is 0.233 e. The standard InChI is InChI=1S/C25H35NO2/c1-22(2,3)18-19-21(28)26(15-17(27)16-13-11-10-12-14-16)25(19,24(7,8)9)20(18)23(4,5)6/h10-14,19H,15H2,1-9H3. The molecule has 3 rings (SSSR count). The summed E-state index contributed by atoms with van der Waals surface area (Å²) in [6, 6.07) is 9.30. The van der Waals surface area contributed by atoms with E-state index in [9.17, 15) is 9.59 Å². The molecule has 0 aromatic heterocycles. The lowest BCUT2D eigenvalue weighted by Crippen LogP contribution is -2.84. The van der Waals surface area contributed by atoms with Crippen molar-refractivity contribution >= 4 is 11.7 Å². The molecule has 0 radical (unpaired) electrons. The lowest BCUT2D eigenvalue weighted by Gasteiger charge is -2.74. The molecular weight excluding hydrogens is 346 g/mol. The Balaban J connectivity index is 2.11. The van der Waals surface area contributed by atoms with Gasteiger partial charge in [0.05, 0.1) is 18.0 Å². The molecule has 28 heavy (non-hydrogen) atoms. The molecule has 1 fully saturated rings. The van der Waals surface area contributed by atoms with Crippen LogP contribution in [0.1, 0.15) is 72.7 Å². The topological polar surface area (TPSA) is 37.4 Å². The van der Waals surface area contributed by atoms with Gasteiger partial charge in [-0.3, -0.25) is 9.59 Å². The van der Waals surface area contributed by atoms with E-state index >= 15 is 0 Å². The molecule has 0 N–H and O–H groups in total. The van der Waals surface area contributed by atoms with Crippen LogP contribution in [0.5, 0.6) is 0 Å². The fourth-order valence-electron chi connectivity index (χ4n) is 5.54. The molecule has 1 aromatic rings. The highest BCUT2D eigenvalue weighted by atomic mass is 16.2. The van der Waals surface area contributed by atoms with Crippen molar-refractivity contribution < 1.29 is 9.59 Å². The fraction of sp³-hybridized carbons (Fsp3) is 0.600. The summed E-state index contributed by atoms with van der Waals surface area (Å²) < 4.78 is 0. The summed E-state index contributed by atoms with van der Waals surface area (Å²) in [7, 11) is 0. The molecule has 0 bridgehead atoms. The Morgan fingerprint density at radius 3 is 1.89 bits per heavy atom. The van der Waals surface area contributed by atoms with Crippen LogP contribution in [0.2, 0.25) is 0 Å². The maximum absolute atomic E-state index is 13.3. The number of benzene rings is 1. The quantitative estimate of drug-likeness (QED) is 0.393. The summed E-state index contributed by atoms with van der Waals surface area (Å²) in [5.74, 6) is 0.0101. The highest BCUT2D eigenvalue weighted by Crippen LogP contribution is 2.70. The number of ketones is 1. The van der Waals surface area contributed by atoms with E-state index in [0.717, 1.165) is 0 Å². The second-order valence-corrected chi connectivity index (χ2v) is 11.5. The van der Waals surface area contributed by atoms with E-state index in [1.54, 1.807) is 0 Å². The molecule has 3 nitrogen and oxygen atoms in total. The van der Waals surface area contributed by atoms with Crippen molar-refractivity contribution in [2.75, 3.05) is 6.54 Å². The van der Waals surface area contributed by atoms with Gasteiger partial charge in [-0.2, -0.15) is 0 Å². The molecule has 1 heterocycles. The first-order valence-corrected chi connectivity index (χ1v) is 10.3. The number of amides is 1. The third kappa shape index (κ3) is 2.69. The summed E-state index contributed by atoms with van der Waals surface area (Å²) in [5, 5.41) is 0. The number of hydrogen-bond acceptors (Lipinski definition) is 2. The summed E-state index contributed by atoms with van der Waals surface area (Å²) in [6.07, 6.45) is 0. The van der Waals surface area contributed by atoms with Crippen molar-refractivity contribution in [1.82, 2.24) is 4.90 Å². The number of carbonyl (C=O) groups is 2. The maximum atomic E-state index is 13.3. The van der Waals surface area contributed by atoms with Crippen LogP contribution in [0.4, 0.5) is 0 Å².